The van der Waals surface area contributed by atoms with Gasteiger partial charge in [-0.05, 0) is 38.0 Å². The fourth-order valence-electron chi connectivity index (χ4n) is 7.45. The van der Waals surface area contributed by atoms with E-state index < -0.39 is 34.2 Å². The number of aliphatic hydroxyl groups is 1. The van der Waals surface area contributed by atoms with Gasteiger partial charge in [-0.2, -0.15) is 0 Å². The monoisotopic (exact) mass is 625 g/mol. The molecule has 3 fully saturated rings. The van der Waals surface area contributed by atoms with E-state index in [1.165, 1.54) is 0 Å². The third-order valence-corrected chi connectivity index (χ3v) is 11.8. The molecule has 1 spiro atoms. The smallest absolute Gasteiger partial charge is 0.247 e. The Morgan fingerprint density at radius 1 is 1.18 bits per heavy atom. The molecule has 220 valence electrons. The van der Waals surface area contributed by atoms with Crippen LogP contribution in [0.3, 0.4) is 0 Å². The van der Waals surface area contributed by atoms with Crippen molar-refractivity contribution in [3.63, 3.8) is 0 Å². The lowest BCUT2D eigenvalue weighted by atomic mass is 9.70. The second-order valence-corrected chi connectivity index (χ2v) is 16.4. The number of nitrogens with zero attached hydrogens (tertiary/aromatic N) is 3. The fraction of sp³-hybridized carbons (Fsp3) is 0.767. The lowest BCUT2D eigenvalue weighted by Crippen LogP contribution is -2.62. The van der Waals surface area contributed by atoms with Crippen molar-refractivity contribution < 1.29 is 19.5 Å². The molecule has 7 nitrogen and oxygen atoms in total. The number of aliphatic hydroxyl groups excluding tert-OH is 1. The summed E-state index contributed by atoms with van der Waals surface area (Å²) in [6.07, 6.45) is 4.79. The number of thioether (sulfide) groups is 1. The van der Waals surface area contributed by atoms with Gasteiger partial charge in [0, 0.05) is 35.8 Å². The van der Waals surface area contributed by atoms with Crippen LogP contribution in [0, 0.1) is 23.2 Å². The van der Waals surface area contributed by atoms with Crippen LogP contribution < -0.4 is 0 Å². The van der Waals surface area contributed by atoms with Crippen LogP contribution >= 0.6 is 27.7 Å². The maximum absolute atomic E-state index is 14.9. The van der Waals surface area contributed by atoms with Gasteiger partial charge in [0.1, 0.15) is 6.04 Å². The Kier molecular flexibility index (Phi) is 9.51. The summed E-state index contributed by atoms with van der Waals surface area (Å²) in [6, 6.07) is -1.32. The van der Waals surface area contributed by atoms with Crippen LogP contribution in [0.5, 0.6) is 0 Å². The summed E-state index contributed by atoms with van der Waals surface area (Å²) in [5, 5.41) is 10.4. The number of halogens is 1. The molecule has 3 rings (SSSR count). The standard InChI is InChI=1S/C30H48BrN3O4S/c1-11-13-32(10)25(36)21-22-26(37)34(20(16-35)18(3)4)24(30(22)15-19(31)23(21)39-30)27(38)33(14-12-2)29(8,9)17-28(5,6)7/h11-12,18-24,35H,1-2,13-17H2,3-10H3/t19?,20-,21-,22-,23-,24?,30?/m0/s1. The summed E-state index contributed by atoms with van der Waals surface area (Å²) in [5.41, 5.74) is -0.538. The molecular formula is C30H48BrN3O4S. The first-order chi connectivity index (χ1) is 18.0. The second kappa shape index (κ2) is 11.5. The van der Waals surface area contributed by atoms with Crippen molar-refractivity contribution in [2.75, 3.05) is 26.7 Å². The maximum Gasteiger partial charge on any atom is 0.247 e. The maximum atomic E-state index is 14.9. The number of rotatable bonds is 11. The van der Waals surface area contributed by atoms with Crippen molar-refractivity contribution in [2.45, 2.75) is 93.8 Å². The van der Waals surface area contributed by atoms with Crippen molar-refractivity contribution in [1.82, 2.24) is 14.7 Å². The zero-order valence-corrected chi connectivity index (χ0v) is 27.3. The van der Waals surface area contributed by atoms with Crippen LogP contribution in [-0.2, 0) is 14.4 Å². The van der Waals surface area contributed by atoms with Gasteiger partial charge < -0.3 is 19.8 Å². The quantitative estimate of drug-likeness (QED) is 0.273. The molecule has 3 amide bonds. The van der Waals surface area contributed by atoms with Crippen LogP contribution in [0.25, 0.3) is 0 Å². The number of fused-ring (bicyclic) bond motifs is 1. The summed E-state index contributed by atoms with van der Waals surface area (Å²) in [5.74, 6) is -1.65. The van der Waals surface area contributed by atoms with Gasteiger partial charge in [-0.25, -0.2) is 0 Å². The average molecular weight is 627 g/mol. The number of hydrogen-bond acceptors (Lipinski definition) is 5. The van der Waals surface area contributed by atoms with Gasteiger partial charge in [0.15, 0.2) is 0 Å². The molecule has 1 N–H and O–H groups in total. The minimum absolute atomic E-state index is 0.00468. The van der Waals surface area contributed by atoms with Gasteiger partial charge in [-0.1, -0.05) is 62.7 Å². The topological polar surface area (TPSA) is 81.2 Å². The number of hydrogen-bond donors (Lipinski definition) is 1. The third kappa shape index (κ3) is 5.61. The predicted octanol–water partition coefficient (Wildman–Crippen LogP) is 4.34. The molecule has 0 aromatic carbocycles. The molecule has 0 radical (unpaired) electrons. The summed E-state index contributed by atoms with van der Waals surface area (Å²) in [6.45, 7) is 22.8. The number of carbonyl (C=O) groups excluding carboxylic acids is 3. The Bertz CT molecular complexity index is 995. The molecule has 3 aliphatic heterocycles. The van der Waals surface area contributed by atoms with Gasteiger partial charge in [-0.15, -0.1) is 24.9 Å². The molecule has 3 unspecified atom stereocenters. The Labute approximate surface area is 247 Å². The lowest BCUT2D eigenvalue weighted by Gasteiger charge is -2.47. The highest BCUT2D eigenvalue weighted by molar-refractivity contribution is 9.09. The fourth-order valence-corrected chi connectivity index (χ4v) is 11.0. The zero-order valence-electron chi connectivity index (χ0n) is 24.9. The van der Waals surface area contributed by atoms with E-state index in [9.17, 15) is 19.5 Å². The Balaban J connectivity index is 2.19. The molecule has 7 atom stereocenters. The van der Waals surface area contributed by atoms with Gasteiger partial charge in [0.2, 0.25) is 17.7 Å². The highest BCUT2D eigenvalue weighted by Crippen LogP contribution is 2.68. The number of alkyl halides is 1. The highest BCUT2D eigenvalue weighted by atomic mass is 79.9. The molecule has 0 aromatic rings. The number of likely N-dealkylation sites (N-methyl/N-ethyl adjacent to an activating group) is 1. The van der Waals surface area contributed by atoms with Crippen LogP contribution in [0.4, 0.5) is 0 Å². The van der Waals surface area contributed by atoms with E-state index in [1.54, 1.807) is 40.8 Å². The number of carbonyl (C=O) groups is 3. The average Bonchev–Trinajstić information content (AvgIpc) is 3.39. The largest absolute Gasteiger partial charge is 0.394 e. The van der Waals surface area contributed by atoms with E-state index in [1.807, 2.05) is 18.7 Å². The first kappa shape index (κ1) is 32.2. The SMILES string of the molecule is C=CCN(C)C(=O)[C@H]1[C@H]2C(=O)N([C@@H](CO)C(C)C)C(C(=O)N(CC=C)C(C)(C)CC(C)(C)C)C23CC(Br)[C@@H]1S3. The molecule has 3 saturated heterocycles. The van der Waals surface area contributed by atoms with Crippen molar-refractivity contribution in [3.8, 4) is 0 Å². The normalized spacial score (nSPS) is 30.9. The van der Waals surface area contributed by atoms with Crippen LogP contribution in [0.1, 0.15) is 61.3 Å². The van der Waals surface area contributed by atoms with Crippen LogP contribution in [0.15, 0.2) is 25.3 Å². The van der Waals surface area contributed by atoms with E-state index in [0.717, 1.165) is 6.42 Å². The number of amides is 3. The van der Waals surface area contributed by atoms with Gasteiger partial charge in [0.05, 0.1) is 29.2 Å². The first-order valence-electron chi connectivity index (χ1n) is 14.0. The summed E-state index contributed by atoms with van der Waals surface area (Å²) in [7, 11) is 1.74. The predicted molar refractivity (Wildman–Crippen MR) is 163 cm³/mol. The first-order valence-corrected chi connectivity index (χ1v) is 15.8. The minimum atomic E-state index is -0.786. The molecule has 3 heterocycles. The number of likely N-dealkylation sites (tertiary alicyclic amines) is 1. The molecule has 0 saturated carbocycles. The molecular weight excluding hydrogens is 578 g/mol. The Morgan fingerprint density at radius 3 is 2.26 bits per heavy atom. The molecule has 9 heteroatoms. The van der Waals surface area contributed by atoms with E-state index >= 15 is 0 Å². The van der Waals surface area contributed by atoms with Gasteiger partial charge >= 0.3 is 0 Å². The van der Waals surface area contributed by atoms with Gasteiger partial charge in [-0.3, -0.25) is 14.4 Å². The molecule has 2 bridgehead atoms. The van der Waals surface area contributed by atoms with Crippen molar-refractivity contribution in [2.24, 2.45) is 23.2 Å². The third-order valence-electron chi connectivity index (χ3n) is 8.61. The zero-order chi connectivity index (χ0) is 29.7. The van der Waals surface area contributed by atoms with E-state index in [2.05, 4.69) is 63.7 Å². The van der Waals surface area contributed by atoms with Crippen molar-refractivity contribution in [1.29, 1.82) is 0 Å². The highest BCUT2D eigenvalue weighted by Gasteiger charge is 2.76. The summed E-state index contributed by atoms with van der Waals surface area (Å²) < 4.78 is -0.762. The van der Waals surface area contributed by atoms with E-state index in [0.29, 0.717) is 19.5 Å². The van der Waals surface area contributed by atoms with E-state index in [4.69, 9.17) is 0 Å². The summed E-state index contributed by atoms with van der Waals surface area (Å²) in [4.78, 5) is 48.3. The van der Waals surface area contributed by atoms with Crippen molar-refractivity contribution in [3.05, 3.63) is 25.3 Å². The molecule has 0 aliphatic carbocycles. The Morgan fingerprint density at radius 2 is 1.77 bits per heavy atom. The van der Waals surface area contributed by atoms with Crippen LogP contribution in [-0.4, -0.2) is 96.7 Å². The van der Waals surface area contributed by atoms with Crippen molar-refractivity contribution >= 4 is 45.4 Å². The summed E-state index contributed by atoms with van der Waals surface area (Å²) >= 11 is 5.47. The van der Waals surface area contributed by atoms with Crippen LogP contribution in [0.2, 0.25) is 0 Å². The second-order valence-electron chi connectivity index (χ2n) is 13.7. The Hall–Kier alpha value is -1.32. The minimum Gasteiger partial charge on any atom is -0.394 e. The van der Waals surface area contributed by atoms with Gasteiger partial charge in [0.25, 0.3) is 0 Å². The lowest BCUT2D eigenvalue weighted by molar-refractivity contribution is -0.150. The molecule has 39 heavy (non-hydrogen) atoms. The molecule has 3 aliphatic rings. The van der Waals surface area contributed by atoms with E-state index in [-0.39, 0.29) is 45.7 Å². The molecule has 0 aromatic heterocycles.